The number of hydrogen-bond acceptors (Lipinski definition) is 2. The summed E-state index contributed by atoms with van der Waals surface area (Å²) in [5.41, 5.74) is 0. The van der Waals surface area contributed by atoms with Crippen molar-refractivity contribution in [2.24, 2.45) is 0 Å². The minimum atomic E-state index is 0.193. The molecule has 88 valence electrons. The van der Waals surface area contributed by atoms with Gasteiger partial charge in [0.1, 0.15) is 0 Å². The highest BCUT2D eigenvalue weighted by molar-refractivity contribution is 5.77. The van der Waals surface area contributed by atoms with Crippen molar-refractivity contribution >= 4 is 5.91 Å². The second kappa shape index (κ2) is 7.46. The first-order chi connectivity index (χ1) is 7.02. The van der Waals surface area contributed by atoms with Gasteiger partial charge in [-0.25, -0.2) is 0 Å². The molecule has 0 aliphatic rings. The zero-order valence-corrected chi connectivity index (χ0v) is 10.4. The van der Waals surface area contributed by atoms with Gasteiger partial charge in [0.05, 0.1) is 0 Å². The highest BCUT2D eigenvalue weighted by atomic mass is 16.2. The van der Waals surface area contributed by atoms with E-state index in [1.54, 1.807) is 6.08 Å². The summed E-state index contributed by atoms with van der Waals surface area (Å²) in [6, 6.07) is 0.484. The summed E-state index contributed by atoms with van der Waals surface area (Å²) in [6.45, 7) is 13.3. The lowest BCUT2D eigenvalue weighted by atomic mass is 10.2. The molecule has 0 fully saturated rings. The Hall–Kier alpha value is -0.830. The molecule has 0 bridgehead atoms. The van der Waals surface area contributed by atoms with Crippen LogP contribution in [0.25, 0.3) is 0 Å². The molecular weight excluding hydrogens is 188 g/mol. The second-order valence-corrected chi connectivity index (χ2v) is 4.09. The lowest BCUT2D eigenvalue weighted by Crippen LogP contribution is -2.40. The Morgan fingerprint density at radius 1 is 1.47 bits per heavy atom. The Morgan fingerprint density at radius 3 is 2.47 bits per heavy atom. The van der Waals surface area contributed by atoms with E-state index in [1.165, 1.54) is 0 Å². The van der Waals surface area contributed by atoms with Gasteiger partial charge in [-0.05, 0) is 27.3 Å². The quantitative estimate of drug-likeness (QED) is 0.653. The molecule has 1 amide bonds. The summed E-state index contributed by atoms with van der Waals surface area (Å²) in [4.78, 5) is 13.7. The van der Waals surface area contributed by atoms with Crippen molar-refractivity contribution < 1.29 is 4.79 Å². The van der Waals surface area contributed by atoms with Crippen LogP contribution in [0.1, 0.15) is 34.1 Å². The predicted octanol–water partition coefficient (Wildman–Crippen LogP) is 1.80. The molecule has 0 saturated carbocycles. The molecule has 0 aliphatic heterocycles. The number of carbonyl (C=O) groups excluding carboxylic acids is 1. The molecule has 0 saturated heterocycles. The first kappa shape index (κ1) is 14.2. The van der Waals surface area contributed by atoms with Crippen LogP contribution < -0.4 is 5.32 Å². The van der Waals surface area contributed by atoms with Gasteiger partial charge in [0.15, 0.2) is 0 Å². The number of rotatable bonds is 7. The van der Waals surface area contributed by atoms with Crippen LogP contribution in [0.5, 0.6) is 0 Å². The first-order valence-electron chi connectivity index (χ1n) is 5.66. The van der Waals surface area contributed by atoms with E-state index in [4.69, 9.17) is 0 Å². The fourth-order valence-corrected chi connectivity index (χ4v) is 1.54. The van der Waals surface area contributed by atoms with E-state index < -0.39 is 0 Å². The van der Waals surface area contributed by atoms with Gasteiger partial charge in [-0.3, -0.25) is 4.79 Å². The Bertz CT molecular complexity index is 202. The van der Waals surface area contributed by atoms with Gasteiger partial charge in [0.25, 0.3) is 0 Å². The Kier molecular flexibility index (Phi) is 7.05. The normalized spacial score (nSPS) is 12.6. The largest absolute Gasteiger partial charge is 0.337 e. The zero-order chi connectivity index (χ0) is 11.8. The van der Waals surface area contributed by atoms with Crippen LogP contribution in [0.4, 0.5) is 0 Å². The van der Waals surface area contributed by atoms with Crippen LogP contribution in [0.3, 0.4) is 0 Å². The molecule has 0 aromatic heterocycles. The highest BCUT2D eigenvalue weighted by Gasteiger charge is 2.17. The molecule has 1 unspecified atom stereocenters. The van der Waals surface area contributed by atoms with Crippen molar-refractivity contribution in [3.05, 3.63) is 12.7 Å². The third kappa shape index (κ3) is 5.57. The fourth-order valence-electron chi connectivity index (χ4n) is 1.54. The maximum Gasteiger partial charge on any atom is 0.224 e. The smallest absolute Gasteiger partial charge is 0.224 e. The number of carbonyl (C=O) groups is 1. The predicted molar refractivity (Wildman–Crippen MR) is 64.8 cm³/mol. The first-order valence-corrected chi connectivity index (χ1v) is 5.66. The van der Waals surface area contributed by atoms with E-state index in [0.717, 1.165) is 6.54 Å². The molecular formula is C12H24N2O. The molecule has 15 heavy (non-hydrogen) atoms. The highest BCUT2D eigenvalue weighted by Crippen LogP contribution is 2.04. The van der Waals surface area contributed by atoms with Gasteiger partial charge >= 0.3 is 0 Å². The fraction of sp³-hybridized carbons (Fsp3) is 0.750. The van der Waals surface area contributed by atoms with Crippen LogP contribution >= 0.6 is 0 Å². The standard InChI is InChI=1S/C12H24N2O/c1-6-8-14(10(3)4)12(15)9-11(5)13-7-2/h6,10-11,13H,1,7-9H2,2-5H3. The van der Waals surface area contributed by atoms with Crippen molar-refractivity contribution in [1.29, 1.82) is 0 Å². The zero-order valence-electron chi connectivity index (χ0n) is 10.4. The van der Waals surface area contributed by atoms with E-state index in [9.17, 15) is 4.79 Å². The summed E-state index contributed by atoms with van der Waals surface area (Å²) < 4.78 is 0. The molecule has 0 aromatic rings. The third-order valence-electron chi connectivity index (χ3n) is 2.30. The van der Waals surface area contributed by atoms with E-state index in [1.807, 2.05) is 32.6 Å². The summed E-state index contributed by atoms with van der Waals surface area (Å²) in [5.74, 6) is 0.193. The van der Waals surface area contributed by atoms with Gasteiger partial charge < -0.3 is 10.2 Å². The molecule has 0 radical (unpaired) electrons. The van der Waals surface area contributed by atoms with Crippen molar-refractivity contribution in [2.75, 3.05) is 13.1 Å². The lowest BCUT2D eigenvalue weighted by Gasteiger charge is -2.26. The minimum absolute atomic E-state index is 0.193. The molecule has 1 atom stereocenters. The average molecular weight is 212 g/mol. The van der Waals surface area contributed by atoms with Crippen LogP contribution in [-0.4, -0.2) is 36.0 Å². The maximum atomic E-state index is 11.9. The molecule has 0 spiro atoms. The Labute approximate surface area is 93.5 Å². The van der Waals surface area contributed by atoms with Crippen LogP contribution in [-0.2, 0) is 4.79 Å². The van der Waals surface area contributed by atoms with Gasteiger partial charge in [-0.1, -0.05) is 13.0 Å². The summed E-state index contributed by atoms with van der Waals surface area (Å²) in [7, 11) is 0. The second-order valence-electron chi connectivity index (χ2n) is 4.09. The number of amides is 1. The third-order valence-corrected chi connectivity index (χ3v) is 2.30. The van der Waals surface area contributed by atoms with Crippen molar-refractivity contribution in [2.45, 2.75) is 46.2 Å². The van der Waals surface area contributed by atoms with E-state index in [2.05, 4.69) is 11.9 Å². The van der Waals surface area contributed by atoms with E-state index in [-0.39, 0.29) is 18.0 Å². The van der Waals surface area contributed by atoms with Crippen LogP contribution in [0, 0.1) is 0 Å². The minimum Gasteiger partial charge on any atom is -0.337 e. The van der Waals surface area contributed by atoms with Crippen molar-refractivity contribution in [1.82, 2.24) is 10.2 Å². The lowest BCUT2D eigenvalue weighted by molar-refractivity contribution is -0.132. The monoisotopic (exact) mass is 212 g/mol. The molecule has 3 nitrogen and oxygen atoms in total. The number of nitrogens with zero attached hydrogens (tertiary/aromatic N) is 1. The summed E-state index contributed by atoms with van der Waals surface area (Å²) >= 11 is 0. The van der Waals surface area contributed by atoms with Gasteiger partial charge in [0, 0.05) is 25.0 Å². The van der Waals surface area contributed by atoms with E-state index in [0.29, 0.717) is 13.0 Å². The Morgan fingerprint density at radius 2 is 2.07 bits per heavy atom. The number of nitrogens with one attached hydrogen (secondary N) is 1. The SMILES string of the molecule is C=CCN(C(=O)CC(C)NCC)C(C)C. The molecule has 0 aliphatic carbocycles. The molecule has 1 N–H and O–H groups in total. The Balaban J connectivity index is 4.18. The van der Waals surface area contributed by atoms with Crippen LogP contribution in [0.15, 0.2) is 12.7 Å². The van der Waals surface area contributed by atoms with Crippen molar-refractivity contribution in [3.63, 3.8) is 0 Å². The molecule has 0 aromatic carbocycles. The molecule has 0 rings (SSSR count). The van der Waals surface area contributed by atoms with Gasteiger partial charge in [0.2, 0.25) is 5.91 Å². The number of hydrogen-bond donors (Lipinski definition) is 1. The van der Waals surface area contributed by atoms with Crippen molar-refractivity contribution in [3.8, 4) is 0 Å². The van der Waals surface area contributed by atoms with Gasteiger partial charge in [-0.2, -0.15) is 0 Å². The summed E-state index contributed by atoms with van der Waals surface area (Å²) in [6.07, 6.45) is 2.33. The summed E-state index contributed by atoms with van der Waals surface area (Å²) in [5, 5.41) is 3.24. The molecule has 3 heteroatoms. The maximum absolute atomic E-state index is 11.9. The topological polar surface area (TPSA) is 32.3 Å². The molecule has 0 heterocycles. The average Bonchev–Trinajstić information content (AvgIpc) is 2.13. The van der Waals surface area contributed by atoms with Gasteiger partial charge in [-0.15, -0.1) is 6.58 Å². The van der Waals surface area contributed by atoms with E-state index >= 15 is 0 Å². The van der Waals surface area contributed by atoms with Crippen LogP contribution in [0.2, 0.25) is 0 Å².